The number of methoxy groups -OCH3 is 1. The summed E-state index contributed by atoms with van der Waals surface area (Å²) in [5, 5.41) is 4.90. The molecule has 0 aliphatic carbocycles. The van der Waals surface area contributed by atoms with E-state index in [1.54, 1.807) is 72.8 Å². The summed E-state index contributed by atoms with van der Waals surface area (Å²) in [6.07, 6.45) is 1.36. The Hall–Kier alpha value is -4.44. The van der Waals surface area contributed by atoms with Crippen LogP contribution in [0.25, 0.3) is 6.08 Å². The Morgan fingerprint density at radius 2 is 1.78 bits per heavy atom. The Morgan fingerprint density at radius 3 is 2.53 bits per heavy atom. The van der Waals surface area contributed by atoms with Crippen LogP contribution in [0, 0.1) is 0 Å². The summed E-state index contributed by atoms with van der Waals surface area (Å²) in [7, 11) is 1.51. The summed E-state index contributed by atoms with van der Waals surface area (Å²) >= 11 is 3.30. The topological polar surface area (TPSA) is 114 Å². The number of para-hydroxylation sites is 2. The zero-order valence-corrected chi connectivity index (χ0v) is 20.6. The molecule has 2 N–H and O–H groups in total. The van der Waals surface area contributed by atoms with E-state index < -0.39 is 23.8 Å². The molecule has 0 aromatic heterocycles. The Bertz CT molecular complexity index is 1370. The quantitative estimate of drug-likeness (QED) is 0.338. The van der Waals surface area contributed by atoms with Crippen molar-refractivity contribution < 1.29 is 28.7 Å². The first-order valence-electron chi connectivity index (χ1n) is 10.7. The maximum absolute atomic E-state index is 13.0. The molecule has 5 amide bonds. The zero-order valence-electron chi connectivity index (χ0n) is 19.0. The van der Waals surface area contributed by atoms with Crippen LogP contribution in [0.4, 0.5) is 16.2 Å². The monoisotopic (exact) mass is 549 g/mol. The van der Waals surface area contributed by atoms with Crippen molar-refractivity contribution in [3.63, 3.8) is 0 Å². The number of hydrogen-bond donors (Lipinski definition) is 2. The van der Waals surface area contributed by atoms with Gasteiger partial charge in [0.15, 0.2) is 6.61 Å². The van der Waals surface area contributed by atoms with E-state index >= 15 is 0 Å². The fourth-order valence-corrected chi connectivity index (χ4v) is 3.69. The van der Waals surface area contributed by atoms with Crippen molar-refractivity contribution >= 4 is 57.1 Å². The molecule has 0 saturated carbocycles. The highest BCUT2D eigenvalue weighted by atomic mass is 79.9. The number of barbiturate groups is 1. The second-order valence-electron chi connectivity index (χ2n) is 7.54. The minimum atomic E-state index is -0.831. The number of halogens is 1. The van der Waals surface area contributed by atoms with Crippen molar-refractivity contribution in [3.05, 3.63) is 88.4 Å². The SMILES string of the molecule is COc1ccccc1NC(=O)COc1cccc(/C=C2\C(=O)NC(=O)N(c3ccc(Br)cc3)C2=O)c1. The third-order valence-corrected chi connectivity index (χ3v) is 5.64. The van der Waals surface area contributed by atoms with Gasteiger partial charge in [-0.3, -0.25) is 19.7 Å². The van der Waals surface area contributed by atoms with Gasteiger partial charge in [-0.2, -0.15) is 0 Å². The number of rotatable bonds is 7. The maximum atomic E-state index is 13.0. The van der Waals surface area contributed by atoms with Crippen LogP contribution in [0.3, 0.4) is 0 Å². The molecule has 1 aliphatic heterocycles. The van der Waals surface area contributed by atoms with E-state index in [1.807, 2.05) is 0 Å². The van der Waals surface area contributed by atoms with Crippen LogP contribution in [0.5, 0.6) is 11.5 Å². The molecule has 10 heteroatoms. The minimum Gasteiger partial charge on any atom is -0.495 e. The number of carbonyl (C=O) groups excluding carboxylic acids is 4. The molecule has 0 unspecified atom stereocenters. The number of carbonyl (C=O) groups is 4. The van der Waals surface area contributed by atoms with E-state index in [0.717, 1.165) is 9.37 Å². The summed E-state index contributed by atoms with van der Waals surface area (Å²) in [5.74, 6) is -1.09. The number of ether oxygens (including phenoxy) is 2. The maximum Gasteiger partial charge on any atom is 0.335 e. The van der Waals surface area contributed by atoms with Gasteiger partial charge in [0, 0.05) is 4.47 Å². The average Bonchev–Trinajstić information content (AvgIpc) is 2.87. The highest BCUT2D eigenvalue weighted by Crippen LogP contribution is 2.25. The molecule has 9 nitrogen and oxygen atoms in total. The zero-order chi connectivity index (χ0) is 25.7. The highest BCUT2D eigenvalue weighted by molar-refractivity contribution is 9.10. The summed E-state index contributed by atoms with van der Waals surface area (Å²) in [5.41, 5.74) is 1.08. The van der Waals surface area contributed by atoms with Crippen molar-refractivity contribution in [2.24, 2.45) is 0 Å². The summed E-state index contributed by atoms with van der Waals surface area (Å²) in [6, 6.07) is 19.2. The van der Waals surface area contributed by atoms with Crippen LogP contribution in [-0.2, 0) is 14.4 Å². The molecule has 3 aromatic rings. The molecular weight excluding hydrogens is 530 g/mol. The van der Waals surface area contributed by atoms with Gasteiger partial charge in [0.25, 0.3) is 17.7 Å². The van der Waals surface area contributed by atoms with Crippen LogP contribution in [0.15, 0.2) is 82.8 Å². The van der Waals surface area contributed by atoms with Gasteiger partial charge in [-0.05, 0) is 60.2 Å². The lowest BCUT2D eigenvalue weighted by Gasteiger charge is -2.26. The van der Waals surface area contributed by atoms with Gasteiger partial charge in [-0.15, -0.1) is 0 Å². The third kappa shape index (κ3) is 5.61. The van der Waals surface area contributed by atoms with Gasteiger partial charge in [0.05, 0.1) is 18.5 Å². The number of anilines is 2. The first-order chi connectivity index (χ1) is 17.4. The molecule has 0 bridgehead atoms. The van der Waals surface area contributed by atoms with E-state index in [0.29, 0.717) is 28.4 Å². The molecule has 182 valence electrons. The fraction of sp³-hybridized carbons (Fsp3) is 0.0769. The second kappa shape index (κ2) is 10.9. The van der Waals surface area contributed by atoms with Gasteiger partial charge in [0.2, 0.25) is 0 Å². The highest BCUT2D eigenvalue weighted by Gasteiger charge is 2.36. The van der Waals surface area contributed by atoms with Gasteiger partial charge in [-0.1, -0.05) is 40.2 Å². The molecule has 0 atom stereocenters. The molecule has 3 aromatic carbocycles. The van der Waals surface area contributed by atoms with Crippen molar-refractivity contribution in [2.75, 3.05) is 23.9 Å². The van der Waals surface area contributed by atoms with E-state index in [9.17, 15) is 19.2 Å². The summed E-state index contributed by atoms with van der Waals surface area (Å²) < 4.78 is 11.6. The number of imide groups is 2. The lowest BCUT2D eigenvalue weighted by molar-refractivity contribution is -0.122. The van der Waals surface area contributed by atoms with Crippen LogP contribution in [0.2, 0.25) is 0 Å². The van der Waals surface area contributed by atoms with E-state index in [1.165, 1.54) is 13.2 Å². The molecule has 1 aliphatic rings. The molecular formula is C26H20BrN3O6. The molecule has 1 saturated heterocycles. The second-order valence-corrected chi connectivity index (χ2v) is 8.46. The number of nitrogens with zero attached hydrogens (tertiary/aromatic N) is 1. The fourth-order valence-electron chi connectivity index (χ4n) is 3.43. The van der Waals surface area contributed by atoms with Crippen LogP contribution >= 0.6 is 15.9 Å². The van der Waals surface area contributed by atoms with E-state index in [-0.39, 0.29) is 12.2 Å². The smallest absolute Gasteiger partial charge is 0.335 e. The Labute approximate surface area is 214 Å². The predicted molar refractivity (Wildman–Crippen MR) is 137 cm³/mol. The number of urea groups is 1. The Kier molecular flexibility index (Phi) is 7.45. The molecule has 0 radical (unpaired) electrons. The lowest BCUT2D eigenvalue weighted by Crippen LogP contribution is -2.54. The molecule has 36 heavy (non-hydrogen) atoms. The third-order valence-electron chi connectivity index (χ3n) is 5.11. The Morgan fingerprint density at radius 1 is 1.03 bits per heavy atom. The number of amides is 5. The van der Waals surface area contributed by atoms with Crippen molar-refractivity contribution in [3.8, 4) is 11.5 Å². The van der Waals surface area contributed by atoms with Gasteiger partial charge >= 0.3 is 6.03 Å². The molecule has 1 heterocycles. The largest absolute Gasteiger partial charge is 0.495 e. The van der Waals surface area contributed by atoms with Crippen LogP contribution < -0.4 is 25.0 Å². The standard InChI is InChI=1S/C26H20BrN3O6/c1-35-22-8-3-2-7-21(22)28-23(31)15-36-19-6-4-5-16(13-19)14-20-24(32)29-26(34)30(25(20)33)18-11-9-17(27)10-12-18/h2-14H,15H2,1H3,(H,28,31)(H,29,32,34)/b20-14+. The van der Waals surface area contributed by atoms with E-state index in [4.69, 9.17) is 9.47 Å². The number of nitrogens with one attached hydrogen (secondary N) is 2. The number of benzene rings is 3. The number of hydrogen-bond acceptors (Lipinski definition) is 6. The molecule has 4 rings (SSSR count). The van der Waals surface area contributed by atoms with Gasteiger partial charge in [-0.25, -0.2) is 9.69 Å². The van der Waals surface area contributed by atoms with Crippen molar-refractivity contribution in [1.82, 2.24) is 5.32 Å². The first-order valence-corrected chi connectivity index (χ1v) is 11.5. The molecule has 1 fully saturated rings. The first kappa shape index (κ1) is 24.7. The summed E-state index contributed by atoms with van der Waals surface area (Å²) in [4.78, 5) is 51.0. The van der Waals surface area contributed by atoms with E-state index in [2.05, 4.69) is 26.6 Å². The predicted octanol–water partition coefficient (Wildman–Crippen LogP) is 4.14. The average molecular weight is 550 g/mol. The normalized spacial score (nSPS) is 14.4. The molecule has 0 spiro atoms. The lowest BCUT2D eigenvalue weighted by atomic mass is 10.1. The van der Waals surface area contributed by atoms with Crippen molar-refractivity contribution in [1.29, 1.82) is 0 Å². The van der Waals surface area contributed by atoms with Crippen LogP contribution in [-0.4, -0.2) is 37.5 Å². The van der Waals surface area contributed by atoms with Gasteiger partial charge in [0.1, 0.15) is 17.1 Å². The van der Waals surface area contributed by atoms with Crippen LogP contribution in [0.1, 0.15) is 5.56 Å². The Balaban J connectivity index is 1.48. The summed E-state index contributed by atoms with van der Waals surface area (Å²) in [6.45, 7) is -0.274. The van der Waals surface area contributed by atoms with Gasteiger partial charge < -0.3 is 14.8 Å². The van der Waals surface area contributed by atoms with Crippen molar-refractivity contribution in [2.45, 2.75) is 0 Å². The minimum absolute atomic E-state index is 0.219.